The molecule has 0 bridgehead atoms. The Hall–Kier alpha value is -0.520. The summed E-state index contributed by atoms with van der Waals surface area (Å²) in [6.45, 7) is 8.27. The summed E-state index contributed by atoms with van der Waals surface area (Å²) >= 11 is 0. The van der Waals surface area contributed by atoms with Crippen LogP contribution in [-0.2, 0) is 0 Å². The van der Waals surface area contributed by atoms with E-state index in [0.29, 0.717) is 0 Å². The maximum absolute atomic E-state index is 4.89. The molecule has 0 heteroatoms. The third-order valence-corrected chi connectivity index (χ3v) is 0.247. The lowest BCUT2D eigenvalue weighted by molar-refractivity contribution is 1.99. The van der Waals surface area contributed by atoms with Gasteiger partial charge in [0.15, 0.2) is 0 Å². The maximum Gasteiger partial charge on any atom is -0.00925 e. The van der Waals surface area contributed by atoms with Crippen LogP contribution >= 0.6 is 0 Å². The topological polar surface area (TPSA) is 0 Å². The number of hydrogen-bond acceptors (Lipinski definition) is 0. The Morgan fingerprint density at radius 3 is 2.20 bits per heavy atom. The minimum Gasteiger partial charge on any atom is -0.0991 e. The molecule has 0 fully saturated rings. The van der Waals surface area contributed by atoms with Crippen molar-refractivity contribution in [3.8, 4) is 0 Å². The van der Waals surface area contributed by atoms with Crippen molar-refractivity contribution >= 4 is 0 Å². The lowest BCUT2D eigenvalue weighted by atomic mass is 10.5. The largest absolute Gasteiger partial charge is 0.0991 e. The number of allylic oxidation sites excluding steroid dienone is 3. The fourth-order valence-corrected chi connectivity index (χ4v) is 0.0786. The van der Waals surface area contributed by atoms with Crippen LogP contribution in [0.25, 0.3) is 0 Å². The molecule has 0 nitrogen and oxygen atoms in total. The number of rotatable bonds is 1. The summed E-state index contributed by atoms with van der Waals surface area (Å²) in [5.74, 6) is 0. The zero-order chi connectivity index (χ0) is 4.12. The van der Waals surface area contributed by atoms with Gasteiger partial charge in [-0.3, -0.25) is 0 Å². The van der Waals surface area contributed by atoms with Crippen molar-refractivity contribution in [2.24, 2.45) is 0 Å². The van der Waals surface area contributed by atoms with E-state index >= 15 is 0 Å². The highest BCUT2D eigenvalue weighted by molar-refractivity contribution is 4.98. The summed E-state index contributed by atoms with van der Waals surface area (Å²) in [4.78, 5) is 0. The van der Waals surface area contributed by atoms with Crippen LogP contribution in [-0.4, -0.2) is 0 Å². The molecule has 0 aromatic heterocycles. The Morgan fingerprint density at radius 2 is 2.20 bits per heavy atom. The molecule has 0 aliphatic carbocycles. The van der Waals surface area contributed by atoms with Gasteiger partial charge in [0, 0.05) is 0 Å². The van der Waals surface area contributed by atoms with Crippen LogP contribution in [0.2, 0.25) is 0 Å². The van der Waals surface area contributed by atoms with E-state index in [4.69, 9.17) is 6.92 Å². The molecule has 5 heavy (non-hydrogen) atoms. The lowest BCUT2D eigenvalue weighted by Crippen LogP contribution is -1.34. The van der Waals surface area contributed by atoms with Crippen molar-refractivity contribution in [1.29, 1.82) is 0 Å². The molecule has 0 rings (SSSR count). The highest BCUT2D eigenvalue weighted by Crippen LogP contribution is 1.63. The van der Waals surface area contributed by atoms with Gasteiger partial charge in [-0.25, -0.2) is 0 Å². The molecule has 0 heterocycles. The fourth-order valence-electron chi connectivity index (χ4n) is 0.0786. The second kappa shape index (κ2) is 3.48. The molecule has 0 atom stereocenters. The van der Waals surface area contributed by atoms with E-state index in [9.17, 15) is 0 Å². The molecular weight excluding hydrogens is 60.1 g/mol. The Kier molecular flexibility index (Phi) is 3.12. The maximum atomic E-state index is 4.89. The molecule has 0 N–H and O–H groups in total. The van der Waals surface area contributed by atoms with Crippen molar-refractivity contribution in [2.45, 2.75) is 0 Å². The predicted octanol–water partition coefficient (Wildman–Crippen LogP) is 1.44. The zero-order valence-corrected chi connectivity index (χ0v) is 3.02. The SMILES string of the molecule is [CH]/C=C/C=C. The first-order valence-electron chi connectivity index (χ1n) is 1.41. The van der Waals surface area contributed by atoms with E-state index in [-0.39, 0.29) is 0 Å². The van der Waals surface area contributed by atoms with Gasteiger partial charge in [-0.1, -0.05) is 24.8 Å². The van der Waals surface area contributed by atoms with Crippen molar-refractivity contribution in [1.82, 2.24) is 0 Å². The van der Waals surface area contributed by atoms with E-state index in [1.807, 2.05) is 0 Å². The fraction of sp³-hybridized carbons (Fsp3) is 0. The van der Waals surface area contributed by atoms with Crippen molar-refractivity contribution in [2.75, 3.05) is 0 Å². The van der Waals surface area contributed by atoms with Gasteiger partial charge in [0.05, 0.1) is 0 Å². The Bertz CT molecular complexity index is 42.0. The summed E-state index contributed by atoms with van der Waals surface area (Å²) in [6.07, 6.45) is 4.73. The molecule has 0 aromatic rings. The predicted molar refractivity (Wildman–Crippen MR) is 23.6 cm³/mol. The molecular formula is C5H6. The van der Waals surface area contributed by atoms with Crippen LogP contribution in [0.5, 0.6) is 0 Å². The van der Waals surface area contributed by atoms with Gasteiger partial charge in [-0.2, -0.15) is 0 Å². The van der Waals surface area contributed by atoms with Crippen LogP contribution < -0.4 is 0 Å². The summed E-state index contributed by atoms with van der Waals surface area (Å²) < 4.78 is 0. The standard InChI is InChI=1S/C5H6/c1-3-5-4-2/h1,3-5H,2H2/b5-3+. The van der Waals surface area contributed by atoms with E-state index in [1.54, 1.807) is 12.2 Å². The minimum atomic E-state index is 1.44. The monoisotopic (exact) mass is 66.0 g/mol. The molecule has 0 aromatic carbocycles. The van der Waals surface area contributed by atoms with Gasteiger partial charge >= 0.3 is 0 Å². The van der Waals surface area contributed by atoms with Crippen LogP contribution in [0, 0.1) is 6.92 Å². The second-order valence-corrected chi connectivity index (χ2v) is 0.621. The average Bonchev–Trinajstić information content (AvgIpc) is 1.41. The molecule has 26 valence electrons. The summed E-state index contributed by atoms with van der Waals surface area (Å²) in [5, 5.41) is 0. The Labute approximate surface area is 32.8 Å². The highest BCUT2D eigenvalue weighted by atomic mass is 13.5. The van der Waals surface area contributed by atoms with Gasteiger partial charge in [-0.15, -0.1) is 0 Å². The molecule has 0 unspecified atom stereocenters. The summed E-state index contributed by atoms with van der Waals surface area (Å²) in [5.41, 5.74) is 0. The summed E-state index contributed by atoms with van der Waals surface area (Å²) in [6, 6.07) is 0. The molecule has 0 saturated carbocycles. The van der Waals surface area contributed by atoms with E-state index < -0.39 is 0 Å². The van der Waals surface area contributed by atoms with Gasteiger partial charge in [0.1, 0.15) is 0 Å². The first-order chi connectivity index (χ1) is 2.41. The second-order valence-electron chi connectivity index (χ2n) is 0.621. The van der Waals surface area contributed by atoms with Gasteiger partial charge in [0.25, 0.3) is 0 Å². The van der Waals surface area contributed by atoms with E-state index in [0.717, 1.165) is 0 Å². The van der Waals surface area contributed by atoms with Crippen LogP contribution in [0.1, 0.15) is 0 Å². The van der Waals surface area contributed by atoms with Crippen molar-refractivity contribution < 1.29 is 0 Å². The van der Waals surface area contributed by atoms with E-state index in [1.165, 1.54) is 6.08 Å². The summed E-state index contributed by atoms with van der Waals surface area (Å²) in [7, 11) is 0. The molecule has 0 amide bonds. The molecule has 0 spiro atoms. The lowest BCUT2D eigenvalue weighted by Gasteiger charge is -1.55. The van der Waals surface area contributed by atoms with Crippen LogP contribution in [0.4, 0.5) is 0 Å². The third kappa shape index (κ3) is 3.48. The molecule has 0 aliphatic heterocycles. The molecule has 0 saturated heterocycles. The average molecular weight is 66.1 g/mol. The van der Waals surface area contributed by atoms with Crippen molar-refractivity contribution in [3.63, 3.8) is 0 Å². The van der Waals surface area contributed by atoms with Crippen molar-refractivity contribution in [3.05, 3.63) is 31.7 Å². The molecule has 0 aliphatic rings. The zero-order valence-electron chi connectivity index (χ0n) is 3.02. The minimum absolute atomic E-state index is 1.44. The first-order valence-corrected chi connectivity index (χ1v) is 1.41. The smallest absolute Gasteiger partial charge is 0.00925 e. The van der Waals surface area contributed by atoms with Gasteiger partial charge in [-0.05, 0) is 6.92 Å². The Balaban J connectivity index is 2.92. The van der Waals surface area contributed by atoms with E-state index in [2.05, 4.69) is 6.58 Å². The quantitative estimate of drug-likeness (QED) is 0.406. The Morgan fingerprint density at radius 1 is 1.60 bits per heavy atom. The van der Waals surface area contributed by atoms with Gasteiger partial charge in [0.2, 0.25) is 0 Å². The highest BCUT2D eigenvalue weighted by Gasteiger charge is 1.42. The van der Waals surface area contributed by atoms with Crippen LogP contribution in [0.3, 0.4) is 0 Å². The van der Waals surface area contributed by atoms with Gasteiger partial charge < -0.3 is 0 Å². The van der Waals surface area contributed by atoms with Crippen LogP contribution in [0.15, 0.2) is 24.8 Å². The normalized spacial score (nSPS) is 9.00. The third-order valence-electron chi connectivity index (χ3n) is 0.247. The number of hydrogen-bond donors (Lipinski definition) is 0. The first kappa shape index (κ1) is 4.48. The molecule has 2 radical (unpaired) electrons.